The van der Waals surface area contributed by atoms with Gasteiger partial charge in [0, 0.05) is 6.20 Å². The van der Waals surface area contributed by atoms with Crippen molar-refractivity contribution in [3.63, 3.8) is 0 Å². The number of nitrogens with zero attached hydrogens (tertiary/aromatic N) is 3. The number of nitriles is 1. The molecule has 1 aliphatic carbocycles. The molecule has 1 fully saturated rings. The van der Waals surface area contributed by atoms with E-state index in [0.29, 0.717) is 12.6 Å². The summed E-state index contributed by atoms with van der Waals surface area (Å²) in [6.07, 6.45) is 3.73. The molecular formula is C10H11N3O2. The van der Waals surface area contributed by atoms with Gasteiger partial charge in [-0.15, -0.1) is 0 Å². The molecule has 0 saturated heterocycles. The Morgan fingerprint density at radius 3 is 3.07 bits per heavy atom. The van der Waals surface area contributed by atoms with Gasteiger partial charge in [0.05, 0.1) is 12.6 Å². The molecule has 1 saturated carbocycles. The minimum atomic E-state index is -0.471. The van der Waals surface area contributed by atoms with Gasteiger partial charge in [-0.2, -0.15) is 10.4 Å². The maximum atomic E-state index is 11.5. The largest absolute Gasteiger partial charge is 0.462 e. The molecule has 0 spiro atoms. The van der Waals surface area contributed by atoms with Gasteiger partial charge >= 0.3 is 5.97 Å². The Labute approximate surface area is 87.3 Å². The van der Waals surface area contributed by atoms with Crippen LogP contribution in [-0.4, -0.2) is 22.4 Å². The molecule has 0 unspecified atom stereocenters. The lowest BCUT2D eigenvalue weighted by Crippen LogP contribution is -2.05. The zero-order valence-electron chi connectivity index (χ0n) is 8.43. The van der Waals surface area contributed by atoms with E-state index >= 15 is 0 Å². The van der Waals surface area contributed by atoms with Gasteiger partial charge < -0.3 is 4.74 Å². The van der Waals surface area contributed by atoms with Crippen molar-refractivity contribution in [1.29, 1.82) is 5.26 Å². The molecule has 0 atom stereocenters. The molecular weight excluding hydrogens is 194 g/mol. The van der Waals surface area contributed by atoms with E-state index in [2.05, 4.69) is 5.10 Å². The first-order valence-corrected chi connectivity index (χ1v) is 4.92. The van der Waals surface area contributed by atoms with Gasteiger partial charge in [-0.3, -0.25) is 4.68 Å². The zero-order valence-corrected chi connectivity index (χ0v) is 8.43. The molecule has 1 aromatic rings. The van der Waals surface area contributed by atoms with Crippen molar-refractivity contribution in [2.24, 2.45) is 0 Å². The van der Waals surface area contributed by atoms with Gasteiger partial charge in [0.25, 0.3) is 0 Å². The second kappa shape index (κ2) is 3.73. The third-order valence-corrected chi connectivity index (χ3v) is 2.25. The van der Waals surface area contributed by atoms with Crippen LogP contribution >= 0.6 is 0 Å². The van der Waals surface area contributed by atoms with Crippen LogP contribution in [-0.2, 0) is 4.74 Å². The molecule has 0 N–H and O–H groups in total. The molecule has 78 valence electrons. The highest BCUT2D eigenvalue weighted by Crippen LogP contribution is 2.34. The molecule has 1 heterocycles. The van der Waals surface area contributed by atoms with E-state index in [1.807, 2.05) is 6.07 Å². The minimum Gasteiger partial charge on any atom is -0.462 e. The van der Waals surface area contributed by atoms with Crippen LogP contribution in [0.25, 0.3) is 0 Å². The monoisotopic (exact) mass is 205 g/mol. The summed E-state index contributed by atoms with van der Waals surface area (Å²) in [7, 11) is 0. The number of rotatable bonds is 3. The Kier molecular flexibility index (Phi) is 2.42. The fraction of sp³-hybridized carbons (Fsp3) is 0.500. The van der Waals surface area contributed by atoms with Crippen molar-refractivity contribution in [3.8, 4) is 6.07 Å². The Balaban J connectivity index is 2.28. The number of carbonyl (C=O) groups excluding carboxylic acids is 1. The number of hydrogen-bond acceptors (Lipinski definition) is 4. The highest BCUT2D eigenvalue weighted by molar-refractivity contribution is 5.91. The molecule has 0 radical (unpaired) electrons. The predicted molar refractivity (Wildman–Crippen MR) is 51.2 cm³/mol. The first kappa shape index (κ1) is 9.71. The lowest BCUT2D eigenvalue weighted by Gasteiger charge is -1.97. The van der Waals surface area contributed by atoms with Crippen LogP contribution in [0.4, 0.5) is 0 Å². The summed E-state index contributed by atoms with van der Waals surface area (Å²) >= 11 is 0. The highest BCUT2D eigenvalue weighted by Gasteiger charge is 2.27. The lowest BCUT2D eigenvalue weighted by atomic mass is 10.3. The second-order valence-corrected chi connectivity index (χ2v) is 3.43. The second-order valence-electron chi connectivity index (χ2n) is 3.43. The van der Waals surface area contributed by atoms with Gasteiger partial charge in [-0.25, -0.2) is 4.79 Å². The Bertz CT molecular complexity index is 426. The summed E-state index contributed by atoms with van der Waals surface area (Å²) in [4.78, 5) is 11.5. The van der Waals surface area contributed by atoms with Crippen molar-refractivity contribution >= 4 is 5.97 Å². The van der Waals surface area contributed by atoms with E-state index in [-0.39, 0.29) is 11.3 Å². The summed E-state index contributed by atoms with van der Waals surface area (Å²) in [5, 5.41) is 12.9. The molecule has 0 aromatic carbocycles. The molecule has 0 amide bonds. The summed E-state index contributed by atoms with van der Waals surface area (Å²) < 4.78 is 6.53. The molecule has 2 rings (SSSR count). The number of aromatic nitrogens is 2. The van der Waals surface area contributed by atoms with Crippen LogP contribution in [0.15, 0.2) is 6.20 Å². The summed E-state index contributed by atoms with van der Waals surface area (Å²) in [5.41, 5.74) is 0.423. The standard InChI is InChI=1S/C10H11N3O2/c1-2-15-10(14)8-6-13(7-3-4-7)12-9(8)5-11/h6-7H,2-4H2,1H3. The van der Waals surface area contributed by atoms with Crippen LogP contribution in [0.2, 0.25) is 0 Å². The molecule has 5 heteroatoms. The maximum Gasteiger partial charge on any atom is 0.342 e. The van der Waals surface area contributed by atoms with Gasteiger partial charge in [0.15, 0.2) is 5.69 Å². The SMILES string of the molecule is CCOC(=O)c1cn(C2CC2)nc1C#N. The number of hydrogen-bond donors (Lipinski definition) is 0. The van der Waals surface area contributed by atoms with Crippen LogP contribution in [0.3, 0.4) is 0 Å². The van der Waals surface area contributed by atoms with E-state index < -0.39 is 5.97 Å². The quantitative estimate of drug-likeness (QED) is 0.697. The van der Waals surface area contributed by atoms with Crippen LogP contribution in [0.1, 0.15) is 41.9 Å². The van der Waals surface area contributed by atoms with Crippen molar-refractivity contribution < 1.29 is 9.53 Å². The van der Waals surface area contributed by atoms with Crippen molar-refractivity contribution in [2.45, 2.75) is 25.8 Å². The summed E-state index contributed by atoms with van der Waals surface area (Å²) in [5.74, 6) is -0.471. The van der Waals surface area contributed by atoms with E-state index in [1.165, 1.54) is 0 Å². The molecule has 1 aromatic heterocycles. The average molecular weight is 205 g/mol. The lowest BCUT2D eigenvalue weighted by molar-refractivity contribution is 0.0526. The predicted octanol–water partition coefficient (Wildman–Crippen LogP) is 1.27. The molecule has 1 aliphatic rings. The first-order chi connectivity index (χ1) is 7.26. The summed E-state index contributed by atoms with van der Waals surface area (Å²) in [6, 6.07) is 2.27. The van der Waals surface area contributed by atoms with Crippen LogP contribution in [0, 0.1) is 11.3 Å². The zero-order chi connectivity index (χ0) is 10.8. The first-order valence-electron chi connectivity index (χ1n) is 4.92. The Hall–Kier alpha value is -1.83. The molecule has 5 nitrogen and oxygen atoms in total. The third kappa shape index (κ3) is 1.84. The minimum absolute atomic E-state index is 0.153. The number of esters is 1. The molecule has 0 aliphatic heterocycles. The van der Waals surface area contributed by atoms with Crippen LogP contribution < -0.4 is 0 Å². The van der Waals surface area contributed by atoms with Gasteiger partial charge in [-0.05, 0) is 19.8 Å². The summed E-state index contributed by atoms with van der Waals surface area (Å²) in [6.45, 7) is 2.04. The molecule has 15 heavy (non-hydrogen) atoms. The Morgan fingerprint density at radius 2 is 2.53 bits per heavy atom. The number of ether oxygens (including phenoxy) is 1. The Morgan fingerprint density at radius 1 is 1.80 bits per heavy atom. The number of carbonyl (C=O) groups is 1. The van der Waals surface area contributed by atoms with Crippen LogP contribution in [0.5, 0.6) is 0 Å². The fourth-order valence-electron chi connectivity index (χ4n) is 1.36. The normalized spacial score (nSPS) is 14.7. The van der Waals surface area contributed by atoms with Gasteiger partial charge in [-0.1, -0.05) is 0 Å². The maximum absolute atomic E-state index is 11.5. The van der Waals surface area contributed by atoms with Gasteiger partial charge in [0.1, 0.15) is 11.6 Å². The van der Waals surface area contributed by atoms with E-state index in [0.717, 1.165) is 12.8 Å². The van der Waals surface area contributed by atoms with Crippen molar-refractivity contribution in [3.05, 3.63) is 17.5 Å². The van der Waals surface area contributed by atoms with E-state index in [1.54, 1.807) is 17.8 Å². The van der Waals surface area contributed by atoms with Gasteiger partial charge in [0.2, 0.25) is 0 Å². The van der Waals surface area contributed by atoms with Crippen molar-refractivity contribution in [1.82, 2.24) is 9.78 Å². The highest BCUT2D eigenvalue weighted by atomic mass is 16.5. The topological polar surface area (TPSA) is 67.9 Å². The average Bonchev–Trinajstić information content (AvgIpc) is 2.98. The third-order valence-electron chi connectivity index (χ3n) is 2.25. The molecule has 0 bridgehead atoms. The fourth-order valence-corrected chi connectivity index (χ4v) is 1.36. The van der Waals surface area contributed by atoms with E-state index in [4.69, 9.17) is 10.00 Å². The van der Waals surface area contributed by atoms with E-state index in [9.17, 15) is 4.79 Å². The smallest absolute Gasteiger partial charge is 0.342 e. The van der Waals surface area contributed by atoms with Crippen molar-refractivity contribution in [2.75, 3.05) is 6.61 Å².